The first-order valence-electron chi connectivity index (χ1n) is 3.96. The summed E-state index contributed by atoms with van der Waals surface area (Å²) in [5.74, 6) is 0.782. The first-order chi connectivity index (χ1) is 4.86. The quantitative estimate of drug-likeness (QED) is 0.530. The maximum atomic E-state index is 3.45. The summed E-state index contributed by atoms with van der Waals surface area (Å²) in [6.45, 7) is 3.36. The largest absolute Gasteiger partial charge is 0.310 e. The number of rotatable bonds is 0. The van der Waals surface area contributed by atoms with E-state index in [1.165, 1.54) is 18.5 Å². The molecule has 2 atom stereocenters. The van der Waals surface area contributed by atoms with E-state index in [9.17, 15) is 0 Å². The number of fused-ring (bicyclic) bond motifs is 1. The molecule has 1 aliphatic heterocycles. The summed E-state index contributed by atoms with van der Waals surface area (Å²) in [5, 5.41) is 3.45. The van der Waals surface area contributed by atoms with E-state index in [1.807, 2.05) is 0 Å². The van der Waals surface area contributed by atoms with Gasteiger partial charge in [0, 0.05) is 6.04 Å². The van der Waals surface area contributed by atoms with Crippen LogP contribution in [0.3, 0.4) is 0 Å². The predicted octanol–water partition coefficient (Wildman–Crippen LogP) is 1.48. The molecule has 0 bridgehead atoms. The van der Waals surface area contributed by atoms with E-state index in [4.69, 9.17) is 0 Å². The van der Waals surface area contributed by atoms with Crippen molar-refractivity contribution in [2.75, 3.05) is 6.54 Å². The van der Waals surface area contributed by atoms with Crippen LogP contribution in [0.25, 0.3) is 0 Å². The normalized spacial score (nSPS) is 37.5. The third kappa shape index (κ3) is 0.907. The Morgan fingerprint density at radius 1 is 1.60 bits per heavy atom. The number of allylic oxidation sites excluding steroid dienone is 2. The molecule has 1 nitrogen and oxygen atoms in total. The fourth-order valence-electron chi connectivity index (χ4n) is 1.79. The number of hydrogen-bond donors (Lipinski definition) is 1. The Labute approximate surface area is 61.8 Å². The Kier molecular flexibility index (Phi) is 1.38. The maximum absolute atomic E-state index is 3.45. The Morgan fingerprint density at radius 2 is 2.50 bits per heavy atom. The molecule has 1 heterocycles. The maximum Gasteiger partial charge on any atom is 0.0316 e. The molecule has 1 aliphatic carbocycles. The van der Waals surface area contributed by atoms with Crippen molar-refractivity contribution in [3.8, 4) is 0 Å². The zero-order valence-corrected chi connectivity index (χ0v) is 6.30. The van der Waals surface area contributed by atoms with Gasteiger partial charge in [0.25, 0.3) is 0 Å². The van der Waals surface area contributed by atoms with E-state index >= 15 is 0 Å². The van der Waals surface area contributed by atoms with Crippen LogP contribution in [0, 0.1) is 5.92 Å². The average molecular weight is 135 g/mol. The Morgan fingerprint density at radius 3 is 3.40 bits per heavy atom. The molecule has 2 unspecified atom stereocenters. The van der Waals surface area contributed by atoms with Gasteiger partial charge >= 0.3 is 0 Å². The highest BCUT2D eigenvalue weighted by Crippen LogP contribution is 2.23. The lowest BCUT2D eigenvalue weighted by Crippen LogP contribution is -2.24. The van der Waals surface area contributed by atoms with Crippen LogP contribution >= 0.6 is 0 Å². The molecule has 1 fully saturated rings. The van der Waals surface area contributed by atoms with Gasteiger partial charge in [0.15, 0.2) is 0 Å². The van der Waals surface area contributed by atoms with E-state index in [0.717, 1.165) is 5.92 Å². The van der Waals surface area contributed by atoms with Crippen molar-refractivity contribution in [2.24, 2.45) is 5.92 Å². The number of hydrogen-bond acceptors (Lipinski definition) is 1. The summed E-state index contributed by atoms with van der Waals surface area (Å²) in [5.41, 5.74) is 1.42. The molecule has 10 heavy (non-hydrogen) atoms. The third-order valence-corrected chi connectivity index (χ3v) is 2.36. The second kappa shape index (κ2) is 2.24. The van der Waals surface area contributed by atoms with Crippen LogP contribution in [0.4, 0.5) is 0 Å². The van der Waals surface area contributed by atoms with Crippen LogP contribution < -0.4 is 5.32 Å². The molecule has 2 aliphatic rings. The molecule has 0 aromatic heterocycles. The molecule has 54 valence electrons. The summed E-state index contributed by atoms with van der Waals surface area (Å²) < 4.78 is 0. The summed E-state index contributed by atoms with van der Waals surface area (Å²) >= 11 is 0. The smallest absolute Gasteiger partial charge is 0.0316 e. The van der Waals surface area contributed by atoms with Crippen LogP contribution in [0.15, 0.2) is 23.8 Å². The minimum absolute atomic E-state index is 0.642. The van der Waals surface area contributed by atoms with Gasteiger partial charge in [-0.1, -0.05) is 23.8 Å². The lowest BCUT2D eigenvalue weighted by Gasteiger charge is -2.16. The average Bonchev–Trinajstić information content (AvgIpc) is 2.33. The SMILES string of the molecule is CC1=CC2CCNC2C=C1. The van der Waals surface area contributed by atoms with Gasteiger partial charge in [-0.25, -0.2) is 0 Å². The van der Waals surface area contributed by atoms with Crippen LogP contribution in [0.2, 0.25) is 0 Å². The molecule has 1 heteroatoms. The van der Waals surface area contributed by atoms with Crippen molar-refractivity contribution >= 4 is 0 Å². The number of nitrogens with one attached hydrogen (secondary N) is 1. The van der Waals surface area contributed by atoms with Gasteiger partial charge in [0.2, 0.25) is 0 Å². The molecule has 1 saturated heterocycles. The topological polar surface area (TPSA) is 12.0 Å². The van der Waals surface area contributed by atoms with E-state index < -0.39 is 0 Å². The second-order valence-corrected chi connectivity index (χ2v) is 3.20. The lowest BCUT2D eigenvalue weighted by molar-refractivity contribution is 0.608. The van der Waals surface area contributed by atoms with Crippen LogP contribution in [0.1, 0.15) is 13.3 Å². The fourth-order valence-corrected chi connectivity index (χ4v) is 1.79. The van der Waals surface area contributed by atoms with Gasteiger partial charge < -0.3 is 5.32 Å². The molecular weight excluding hydrogens is 122 g/mol. The molecule has 1 N–H and O–H groups in total. The van der Waals surface area contributed by atoms with Crippen molar-refractivity contribution in [3.05, 3.63) is 23.8 Å². The van der Waals surface area contributed by atoms with Crippen molar-refractivity contribution in [3.63, 3.8) is 0 Å². The minimum Gasteiger partial charge on any atom is -0.310 e. The molecule has 0 aromatic carbocycles. The van der Waals surface area contributed by atoms with Crippen LogP contribution in [-0.4, -0.2) is 12.6 Å². The van der Waals surface area contributed by atoms with Crippen LogP contribution in [-0.2, 0) is 0 Å². The molecule has 0 spiro atoms. The van der Waals surface area contributed by atoms with Crippen molar-refractivity contribution in [1.29, 1.82) is 0 Å². The highest BCUT2D eigenvalue weighted by atomic mass is 14.9. The summed E-state index contributed by atoms with van der Waals surface area (Å²) in [6, 6.07) is 0.642. The molecule has 0 saturated carbocycles. The monoisotopic (exact) mass is 135 g/mol. The van der Waals surface area contributed by atoms with Crippen molar-refractivity contribution < 1.29 is 0 Å². The molecule has 2 rings (SSSR count). The van der Waals surface area contributed by atoms with Gasteiger partial charge in [0.05, 0.1) is 0 Å². The summed E-state index contributed by atoms with van der Waals surface area (Å²) in [4.78, 5) is 0. The van der Waals surface area contributed by atoms with Gasteiger partial charge in [-0.15, -0.1) is 0 Å². The van der Waals surface area contributed by atoms with E-state index in [-0.39, 0.29) is 0 Å². The summed E-state index contributed by atoms with van der Waals surface area (Å²) in [7, 11) is 0. The van der Waals surface area contributed by atoms with E-state index in [0.29, 0.717) is 6.04 Å². The Hall–Kier alpha value is -0.560. The highest BCUT2D eigenvalue weighted by Gasteiger charge is 2.24. The minimum atomic E-state index is 0.642. The van der Waals surface area contributed by atoms with Crippen molar-refractivity contribution in [1.82, 2.24) is 5.32 Å². The zero-order valence-electron chi connectivity index (χ0n) is 6.30. The zero-order chi connectivity index (χ0) is 6.97. The second-order valence-electron chi connectivity index (χ2n) is 3.20. The van der Waals surface area contributed by atoms with Gasteiger partial charge in [-0.2, -0.15) is 0 Å². The van der Waals surface area contributed by atoms with Crippen molar-refractivity contribution in [2.45, 2.75) is 19.4 Å². The Bertz CT molecular complexity index is 191. The first-order valence-corrected chi connectivity index (χ1v) is 3.96. The molecule has 0 amide bonds. The first kappa shape index (κ1) is 6.17. The van der Waals surface area contributed by atoms with Gasteiger partial charge in [0.1, 0.15) is 0 Å². The standard InChI is InChI=1S/C9H13N/c1-7-2-3-9-8(6-7)4-5-10-9/h2-3,6,8-10H,4-5H2,1H3. The van der Waals surface area contributed by atoms with Gasteiger partial charge in [-0.05, 0) is 25.8 Å². The third-order valence-electron chi connectivity index (χ3n) is 2.36. The Balaban J connectivity index is 2.20. The van der Waals surface area contributed by atoms with E-state index in [1.54, 1.807) is 0 Å². The van der Waals surface area contributed by atoms with Crippen LogP contribution in [0.5, 0.6) is 0 Å². The predicted molar refractivity (Wildman–Crippen MR) is 42.8 cm³/mol. The summed E-state index contributed by atoms with van der Waals surface area (Å²) in [6.07, 6.45) is 8.18. The van der Waals surface area contributed by atoms with Gasteiger partial charge in [-0.3, -0.25) is 0 Å². The lowest BCUT2D eigenvalue weighted by atomic mass is 9.93. The highest BCUT2D eigenvalue weighted by molar-refractivity contribution is 5.26. The molecular formula is C9H13N. The fraction of sp³-hybridized carbons (Fsp3) is 0.556. The molecule has 0 aromatic rings. The van der Waals surface area contributed by atoms with E-state index in [2.05, 4.69) is 30.5 Å². The molecule has 0 radical (unpaired) electrons.